The van der Waals surface area contributed by atoms with Crippen LogP contribution in [0.5, 0.6) is 0 Å². The molecule has 1 N–H and O–H groups in total. The molecule has 1 aliphatic heterocycles. The second-order valence-corrected chi connectivity index (χ2v) is 7.29. The molecule has 9 heteroatoms. The standard InChI is InChI=1S/C19H25ClFN5O2/c1-13(22-18(27)7-11-28-2)19-24-23-17-6-8-25(9-10-26(17)19)12-14-15(20)4-3-5-16(14)21/h3-5,13H,6-12H2,1-2H3,(H,22,27). The molecule has 0 aliphatic carbocycles. The van der Waals surface area contributed by atoms with Crippen molar-refractivity contribution in [3.63, 3.8) is 0 Å². The van der Waals surface area contributed by atoms with E-state index in [0.717, 1.165) is 18.2 Å². The second kappa shape index (κ2) is 9.45. The highest BCUT2D eigenvalue weighted by Crippen LogP contribution is 2.22. The summed E-state index contributed by atoms with van der Waals surface area (Å²) in [6.07, 6.45) is 1.00. The molecule has 1 aliphatic rings. The lowest BCUT2D eigenvalue weighted by Crippen LogP contribution is -2.30. The van der Waals surface area contributed by atoms with Gasteiger partial charge in [-0.05, 0) is 19.1 Å². The number of ether oxygens (including phenoxy) is 1. The Balaban J connectivity index is 1.65. The minimum absolute atomic E-state index is 0.0869. The van der Waals surface area contributed by atoms with Gasteiger partial charge in [-0.2, -0.15) is 0 Å². The monoisotopic (exact) mass is 409 g/mol. The van der Waals surface area contributed by atoms with Gasteiger partial charge in [0.25, 0.3) is 0 Å². The Hall–Kier alpha value is -2.03. The van der Waals surface area contributed by atoms with Crippen LogP contribution in [0.2, 0.25) is 5.02 Å². The largest absolute Gasteiger partial charge is 0.384 e. The number of hydrogen-bond acceptors (Lipinski definition) is 5. The van der Waals surface area contributed by atoms with Crippen molar-refractivity contribution in [3.05, 3.63) is 46.3 Å². The van der Waals surface area contributed by atoms with Gasteiger partial charge in [-0.1, -0.05) is 17.7 Å². The highest BCUT2D eigenvalue weighted by molar-refractivity contribution is 6.31. The summed E-state index contributed by atoms with van der Waals surface area (Å²) >= 11 is 6.17. The van der Waals surface area contributed by atoms with Gasteiger partial charge in [-0.25, -0.2) is 4.39 Å². The normalized spacial score (nSPS) is 15.7. The van der Waals surface area contributed by atoms with Gasteiger partial charge in [0.05, 0.1) is 12.6 Å². The van der Waals surface area contributed by atoms with Crippen molar-refractivity contribution in [1.82, 2.24) is 25.0 Å². The lowest BCUT2D eigenvalue weighted by molar-refractivity contribution is -0.122. The average Bonchev–Trinajstić information content (AvgIpc) is 2.97. The summed E-state index contributed by atoms with van der Waals surface area (Å²) in [6, 6.07) is 4.50. The van der Waals surface area contributed by atoms with E-state index in [-0.39, 0.29) is 17.8 Å². The smallest absolute Gasteiger partial charge is 0.222 e. The number of nitrogens with one attached hydrogen (secondary N) is 1. The molecule has 0 saturated heterocycles. The fraction of sp³-hybridized carbons (Fsp3) is 0.526. The molecule has 1 aromatic carbocycles. The van der Waals surface area contributed by atoms with Crippen molar-refractivity contribution in [1.29, 1.82) is 0 Å². The van der Waals surface area contributed by atoms with Crippen molar-refractivity contribution >= 4 is 17.5 Å². The summed E-state index contributed by atoms with van der Waals surface area (Å²) < 4.78 is 21.1. The van der Waals surface area contributed by atoms with Gasteiger partial charge in [-0.15, -0.1) is 10.2 Å². The molecule has 1 aromatic heterocycles. The van der Waals surface area contributed by atoms with Crippen molar-refractivity contribution in [2.45, 2.75) is 38.9 Å². The summed E-state index contributed by atoms with van der Waals surface area (Å²) in [4.78, 5) is 14.1. The van der Waals surface area contributed by atoms with E-state index >= 15 is 0 Å². The number of amides is 1. The Kier molecular flexibility index (Phi) is 6.98. The van der Waals surface area contributed by atoms with E-state index in [1.807, 2.05) is 11.5 Å². The number of carbonyl (C=O) groups is 1. The molecule has 3 rings (SSSR count). The van der Waals surface area contributed by atoms with Crippen LogP contribution in [0.3, 0.4) is 0 Å². The molecule has 1 unspecified atom stereocenters. The molecular formula is C19H25ClFN5O2. The highest BCUT2D eigenvalue weighted by Gasteiger charge is 2.23. The maximum atomic E-state index is 14.1. The SMILES string of the molecule is COCCC(=O)NC(C)c1nnc2n1CCN(Cc1c(F)cccc1Cl)CC2. The molecular weight excluding hydrogens is 385 g/mol. The first-order chi connectivity index (χ1) is 13.5. The predicted octanol–water partition coefficient (Wildman–Crippen LogP) is 2.34. The Bertz CT molecular complexity index is 808. The van der Waals surface area contributed by atoms with Gasteiger partial charge in [0.2, 0.25) is 5.91 Å². The van der Waals surface area contributed by atoms with Gasteiger partial charge >= 0.3 is 0 Å². The third-order valence-corrected chi connectivity index (χ3v) is 5.24. The first-order valence-corrected chi connectivity index (χ1v) is 9.73. The quantitative estimate of drug-likeness (QED) is 0.760. The summed E-state index contributed by atoms with van der Waals surface area (Å²) in [5.74, 6) is 1.22. The van der Waals surface area contributed by atoms with Crippen LogP contribution >= 0.6 is 11.6 Å². The zero-order chi connectivity index (χ0) is 20.1. The van der Waals surface area contributed by atoms with Crippen LogP contribution < -0.4 is 5.32 Å². The number of rotatable bonds is 7. The predicted molar refractivity (Wildman–Crippen MR) is 103 cm³/mol. The maximum Gasteiger partial charge on any atom is 0.222 e. The van der Waals surface area contributed by atoms with Gasteiger partial charge in [-0.3, -0.25) is 9.69 Å². The van der Waals surface area contributed by atoms with Crippen LogP contribution in [0.1, 0.15) is 36.6 Å². The molecule has 2 aromatic rings. The molecule has 1 amide bonds. The maximum absolute atomic E-state index is 14.1. The lowest BCUT2D eigenvalue weighted by atomic mass is 10.2. The summed E-state index contributed by atoms with van der Waals surface area (Å²) in [5, 5.41) is 11.9. The molecule has 0 bridgehead atoms. The number of carbonyl (C=O) groups excluding carboxylic acids is 1. The van der Waals surface area contributed by atoms with E-state index < -0.39 is 0 Å². The third-order valence-electron chi connectivity index (χ3n) is 4.89. The number of aromatic nitrogens is 3. The number of fused-ring (bicyclic) bond motifs is 1. The Morgan fingerprint density at radius 2 is 2.18 bits per heavy atom. The fourth-order valence-corrected chi connectivity index (χ4v) is 3.57. The molecule has 1 atom stereocenters. The minimum Gasteiger partial charge on any atom is -0.384 e. The topological polar surface area (TPSA) is 72.3 Å². The third kappa shape index (κ3) is 4.87. The average molecular weight is 410 g/mol. The lowest BCUT2D eigenvalue weighted by Gasteiger charge is -2.21. The van der Waals surface area contributed by atoms with E-state index in [4.69, 9.17) is 16.3 Å². The van der Waals surface area contributed by atoms with Gasteiger partial charge in [0.1, 0.15) is 11.6 Å². The number of nitrogens with zero attached hydrogens (tertiary/aromatic N) is 4. The summed E-state index contributed by atoms with van der Waals surface area (Å²) in [7, 11) is 1.56. The van der Waals surface area contributed by atoms with E-state index in [2.05, 4.69) is 20.4 Å². The molecule has 0 saturated carbocycles. The van der Waals surface area contributed by atoms with Gasteiger partial charge < -0.3 is 14.6 Å². The van der Waals surface area contributed by atoms with Crippen LogP contribution in [0.15, 0.2) is 18.2 Å². The molecule has 0 radical (unpaired) electrons. The second-order valence-electron chi connectivity index (χ2n) is 6.88. The molecule has 2 heterocycles. The van der Waals surface area contributed by atoms with E-state index in [0.29, 0.717) is 49.7 Å². The highest BCUT2D eigenvalue weighted by atomic mass is 35.5. The molecule has 0 spiro atoms. The van der Waals surface area contributed by atoms with Crippen LogP contribution in [0.25, 0.3) is 0 Å². The van der Waals surface area contributed by atoms with Crippen molar-refractivity contribution in [3.8, 4) is 0 Å². The van der Waals surface area contributed by atoms with Gasteiger partial charge in [0, 0.05) is 56.7 Å². The number of benzene rings is 1. The molecule has 7 nitrogen and oxygen atoms in total. The van der Waals surface area contributed by atoms with Crippen molar-refractivity contribution in [2.75, 3.05) is 26.8 Å². The van der Waals surface area contributed by atoms with Crippen LogP contribution in [0.4, 0.5) is 4.39 Å². The number of halogens is 2. The zero-order valence-corrected chi connectivity index (χ0v) is 16.9. The Morgan fingerprint density at radius 3 is 2.93 bits per heavy atom. The Labute approximate surface area is 168 Å². The minimum atomic E-state index is -0.288. The van der Waals surface area contributed by atoms with Crippen molar-refractivity contribution < 1.29 is 13.9 Å². The number of methoxy groups -OCH3 is 1. The first kappa shape index (κ1) is 20.7. The fourth-order valence-electron chi connectivity index (χ4n) is 3.35. The number of hydrogen-bond donors (Lipinski definition) is 1. The van der Waals surface area contributed by atoms with Gasteiger partial charge in [0.15, 0.2) is 5.82 Å². The van der Waals surface area contributed by atoms with E-state index in [1.165, 1.54) is 6.07 Å². The Morgan fingerprint density at radius 1 is 1.36 bits per heavy atom. The zero-order valence-electron chi connectivity index (χ0n) is 16.1. The van der Waals surface area contributed by atoms with E-state index in [9.17, 15) is 9.18 Å². The van der Waals surface area contributed by atoms with E-state index in [1.54, 1.807) is 19.2 Å². The molecule has 0 fully saturated rings. The van der Waals surface area contributed by atoms with Crippen LogP contribution in [0, 0.1) is 5.82 Å². The van der Waals surface area contributed by atoms with Crippen LogP contribution in [-0.2, 0) is 29.0 Å². The van der Waals surface area contributed by atoms with Crippen LogP contribution in [-0.4, -0.2) is 52.4 Å². The summed E-state index contributed by atoms with van der Waals surface area (Å²) in [5.41, 5.74) is 0.515. The summed E-state index contributed by atoms with van der Waals surface area (Å²) in [6.45, 7) is 4.84. The van der Waals surface area contributed by atoms with Crippen molar-refractivity contribution in [2.24, 2.45) is 0 Å². The molecule has 152 valence electrons. The first-order valence-electron chi connectivity index (χ1n) is 9.35. The molecule has 28 heavy (non-hydrogen) atoms.